The molecule has 0 N–H and O–H groups in total. The number of allylic oxidation sites excluding steroid dienone is 4. The molecule has 0 heterocycles. The van der Waals surface area contributed by atoms with Gasteiger partial charge < -0.3 is 15.3 Å². The van der Waals surface area contributed by atoms with E-state index in [2.05, 4.69) is 24.3 Å². The second kappa shape index (κ2) is 13.3. The van der Waals surface area contributed by atoms with E-state index in [0.29, 0.717) is 0 Å². The Balaban J connectivity index is 0. The van der Waals surface area contributed by atoms with E-state index >= 15 is 0 Å². The van der Waals surface area contributed by atoms with Crippen molar-refractivity contribution in [3.8, 4) is 0 Å². The molecule has 0 spiro atoms. The van der Waals surface area contributed by atoms with Gasteiger partial charge >= 0.3 is 77.3 Å². The van der Waals surface area contributed by atoms with E-state index in [9.17, 15) is 0 Å². The van der Waals surface area contributed by atoms with E-state index in [1.807, 2.05) is 0 Å². The minimum absolute atomic E-state index is 0.750. The van der Waals surface area contributed by atoms with Gasteiger partial charge in [0.2, 0.25) is 0 Å². The van der Waals surface area contributed by atoms with Gasteiger partial charge in [-0.25, -0.2) is 0 Å². The summed E-state index contributed by atoms with van der Waals surface area (Å²) in [5, 5.41) is 24.8. The maximum atomic E-state index is 8.25. The summed E-state index contributed by atoms with van der Waals surface area (Å²) in [4.78, 5) is 0. The molecular formula is C12H20O3Zr. The molecule has 4 heteroatoms. The van der Waals surface area contributed by atoms with Crippen LogP contribution in [0.2, 0.25) is 3.63 Å². The first-order chi connectivity index (χ1) is 7.88. The summed E-state index contributed by atoms with van der Waals surface area (Å²) in [5.41, 5.74) is 0. The Bertz CT molecular complexity index is 193. The van der Waals surface area contributed by atoms with Crippen molar-refractivity contribution < 1.29 is 40.0 Å². The van der Waals surface area contributed by atoms with E-state index in [1.165, 1.54) is 12.8 Å². The first-order valence-corrected chi connectivity index (χ1v) is 6.58. The first-order valence-electron chi connectivity index (χ1n) is 5.16. The van der Waals surface area contributed by atoms with Crippen LogP contribution in [0.1, 0.15) is 12.8 Å². The zero-order chi connectivity index (χ0) is 13.0. The van der Waals surface area contributed by atoms with Gasteiger partial charge in [0, 0.05) is 0 Å². The fraction of sp³-hybridized carbons (Fsp3) is 0.667. The molecule has 90 valence electrons. The van der Waals surface area contributed by atoms with E-state index in [1.54, 1.807) is 24.7 Å². The Morgan fingerprint density at radius 1 is 0.875 bits per heavy atom. The molecule has 0 bridgehead atoms. The van der Waals surface area contributed by atoms with Gasteiger partial charge in [0.25, 0.3) is 0 Å². The van der Waals surface area contributed by atoms with Crippen LogP contribution in [0.4, 0.5) is 0 Å². The van der Waals surface area contributed by atoms with Crippen LogP contribution >= 0.6 is 0 Å². The van der Waals surface area contributed by atoms with Crippen LogP contribution in [0.25, 0.3) is 0 Å². The van der Waals surface area contributed by atoms with Crippen LogP contribution in [0.3, 0.4) is 0 Å². The molecule has 0 amide bonds. The molecule has 3 unspecified atom stereocenters. The molecule has 1 saturated carbocycles. The molecule has 1 fully saturated rings. The number of hydrogen-bond acceptors (Lipinski definition) is 3. The van der Waals surface area contributed by atoms with Crippen LogP contribution in [-0.2, 0) is 24.7 Å². The van der Waals surface area contributed by atoms with E-state index in [0.717, 1.165) is 36.8 Å². The molecule has 0 aromatic carbocycles. The number of rotatable bonds is 0. The number of fused-ring (bicyclic) bond motifs is 1. The van der Waals surface area contributed by atoms with Crippen molar-refractivity contribution in [2.75, 3.05) is 21.3 Å². The van der Waals surface area contributed by atoms with Crippen LogP contribution in [0.5, 0.6) is 0 Å². The third-order valence-corrected chi connectivity index (χ3v) is 4.23. The van der Waals surface area contributed by atoms with Crippen LogP contribution in [-0.4, -0.2) is 21.3 Å². The molecule has 3 atom stereocenters. The molecule has 0 aromatic rings. The molecule has 0 aliphatic heterocycles. The quantitative estimate of drug-likeness (QED) is 0.600. The summed E-state index contributed by atoms with van der Waals surface area (Å²) in [6, 6.07) is 0. The van der Waals surface area contributed by atoms with Crippen molar-refractivity contribution in [1.29, 1.82) is 0 Å². The topological polar surface area (TPSA) is 69.2 Å². The minimum atomic E-state index is 0.750. The maximum absolute atomic E-state index is 8.25. The van der Waals surface area contributed by atoms with Gasteiger partial charge in [-0.05, 0) is 0 Å². The summed E-state index contributed by atoms with van der Waals surface area (Å²) in [6.07, 6.45) is 12.1. The Kier molecular flexibility index (Phi) is 15.5. The standard InChI is InChI=1S/C9H11.3CH3O.Zr/c1-2-5-9-7-3-6-8(9)4-1;3*1-2;/h1-2,4-6,8-9H,3,7H2;3*1H3;/q;3*-1;+3. The van der Waals surface area contributed by atoms with Gasteiger partial charge in [0.1, 0.15) is 0 Å². The normalized spacial score (nSPS) is 28.6. The first kappa shape index (κ1) is 18.6. The van der Waals surface area contributed by atoms with Crippen molar-refractivity contribution in [3.05, 3.63) is 24.3 Å². The molecule has 3 nitrogen and oxygen atoms in total. The van der Waals surface area contributed by atoms with Gasteiger partial charge in [-0.1, -0.05) is 0 Å². The Hall–Kier alpha value is 0.243. The third-order valence-electron chi connectivity index (χ3n) is 2.57. The van der Waals surface area contributed by atoms with Crippen LogP contribution in [0, 0.1) is 11.8 Å². The predicted octanol–water partition coefficient (Wildman–Crippen LogP) is -0.597. The van der Waals surface area contributed by atoms with Crippen LogP contribution < -0.4 is 15.3 Å². The summed E-state index contributed by atoms with van der Waals surface area (Å²) < 4.78 is 1.01. The van der Waals surface area contributed by atoms with Crippen molar-refractivity contribution in [2.24, 2.45) is 11.8 Å². The monoisotopic (exact) mass is 302 g/mol. The molecule has 0 radical (unpaired) electrons. The Morgan fingerprint density at radius 2 is 1.38 bits per heavy atom. The molecule has 0 saturated heterocycles. The summed E-state index contributed by atoms with van der Waals surface area (Å²) in [7, 11) is 2.25. The average molecular weight is 304 g/mol. The molecule has 16 heavy (non-hydrogen) atoms. The van der Waals surface area contributed by atoms with Crippen LogP contribution in [0.15, 0.2) is 24.3 Å². The van der Waals surface area contributed by atoms with Crippen molar-refractivity contribution in [3.63, 3.8) is 0 Å². The van der Waals surface area contributed by atoms with Gasteiger partial charge in [-0.2, -0.15) is 21.3 Å². The molecular weight excluding hydrogens is 283 g/mol. The second-order valence-electron chi connectivity index (χ2n) is 3.19. The predicted molar refractivity (Wildman–Crippen MR) is 56.0 cm³/mol. The second-order valence-corrected chi connectivity index (χ2v) is 5.02. The van der Waals surface area contributed by atoms with E-state index < -0.39 is 0 Å². The van der Waals surface area contributed by atoms with Crippen molar-refractivity contribution >= 4 is 0 Å². The SMILES string of the molecule is C[O-].C[O-].C[O-].[Zr+3][CH]1CCC2C=CC=CC12. The fourth-order valence-corrected chi connectivity index (χ4v) is 3.25. The molecule has 0 aromatic heterocycles. The van der Waals surface area contributed by atoms with Gasteiger partial charge in [0.15, 0.2) is 0 Å². The van der Waals surface area contributed by atoms with Crippen molar-refractivity contribution in [1.82, 2.24) is 0 Å². The van der Waals surface area contributed by atoms with Gasteiger partial charge in [-0.3, -0.25) is 0 Å². The zero-order valence-corrected chi connectivity index (χ0v) is 12.6. The zero-order valence-electron chi connectivity index (χ0n) is 10.2. The summed E-state index contributed by atoms with van der Waals surface area (Å²) >= 11 is 1.73. The fourth-order valence-electron chi connectivity index (χ4n) is 1.96. The number of hydrogen-bond donors (Lipinski definition) is 0. The average Bonchev–Trinajstić information content (AvgIpc) is 2.79. The van der Waals surface area contributed by atoms with Gasteiger partial charge in [0.05, 0.1) is 0 Å². The molecule has 2 rings (SSSR count). The van der Waals surface area contributed by atoms with Gasteiger partial charge in [-0.15, -0.1) is 0 Å². The van der Waals surface area contributed by atoms with Crippen molar-refractivity contribution in [2.45, 2.75) is 16.5 Å². The molecule has 2 aliphatic carbocycles. The van der Waals surface area contributed by atoms with E-state index in [-0.39, 0.29) is 0 Å². The van der Waals surface area contributed by atoms with E-state index in [4.69, 9.17) is 15.3 Å². The molecule has 2 aliphatic rings. The summed E-state index contributed by atoms with van der Waals surface area (Å²) in [5.74, 6) is 1.80. The Morgan fingerprint density at radius 3 is 1.88 bits per heavy atom. The third kappa shape index (κ3) is 6.10. The Labute approximate surface area is 114 Å². The summed E-state index contributed by atoms with van der Waals surface area (Å²) in [6.45, 7) is 0.